The molecule has 114 heavy (non-hydrogen) atoms. The molecule has 0 unspecified atom stereocenters. The molecule has 0 aliphatic carbocycles. The molecule has 0 aliphatic heterocycles. The van der Waals surface area contributed by atoms with Gasteiger partial charge in [-0.05, 0) is 219 Å². The largest absolute Gasteiger partial charge is 0.494 e. The number of benzene rings is 6. The summed E-state index contributed by atoms with van der Waals surface area (Å²) in [6.45, 7) is 40.8. The van der Waals surface area contributed by atoms with Gasteiger partial charge < -0.3 is 28.4 Å². The highest BCUT2D eigenvalue weighted by atomic mass is 16.5. The molecule has 5 atom stereocenters. The van der Waals surface area contributed by atoms with E-state index in [4.69, 9.17) is 28.4 Å². The predicted octanol–water partition coefficient (Wildman–Crippen LogP) is 29.1. The van der Waals surface area contributed by atoms with Crippen molar-refractivity contribution in [3.63, 3.8) is 0 Å². The summed E-state index contributed by atoms with van der Waals surface area (Å²) in [5.74, 6) is 48.1. The second-order valence-corrected chi connectivity index (χ2v) is 35.4. The molecule has 618 valence electrons. The van der Waals surface area contributed by atoms with Gasteiger partial charge in [0.2, 0.25) is 0 Å². The third-order valence-electron chi connectivity index (χ3n) is 21.9. The molecule has 0 aliphatic rings. The van der Waals surface area contributed by atoms with E-state index in [2.05, 4.69) is 231 Å². The molecule has 6 heteroatoms. The third kappa shape index (κ3) is 41.0. The topological polar surface area (TPSA) is 55.4 Å². The Morgan fingerprint density at radius 3 is 0.614 bits per heavy atom. The van der Waals surface area contributed by atoms with Gasteiger partial charge in [-0.25, -0.2) is 0 Å². The van der Waals surface area contributed by atoms with Crippen LogP contribution in [0.15, 0.2) is 121 Å². The van der Waals surface area contributed by atoms with Gasteiger partial charge in [-0.3, -0.25) is 0 Å². The summed E-state index contributed by atoms with van der Waals surface area (Å²) in [6, 6.07) is 40.9. The van der Waals surface area contributed by atoms with Gasteiger partial charge in [0.05, 0.1) is 67.5 Å². The van der Waals surface area contributed by atoms with E-state index in [0.717, 1.165) is 138 Å². The standard InChI is InChI=1S/C108H150O6/c1-17-18-19-20-21-22-23-24-25-26-77-114-108-106(70-55-96-48-63-101(64-49-96)112-81-75-91(15)40-30-35-86(8)9)104(68-53-94-44-59-99(60-45-94)110-79-73-89(13)38-28-33-84(4)5)103(67-52-93-42-57-98(58-43-93)109-78-72-88(12)37-27-32-83(2)3)105(69-54-95-46-61-100(62-47-95)111-80-74-90(14)39-29-34-85(6)7)107(108)71-56-97-50-65-102(66-51-97)113-82-76-92(16)41-31-36-87(10)11/h42-51,57-66,83-92H,17-41,72-82H2,1-16H3/t88-,89-,90-,91-,92-/m0/s1. The fourth-order valence-corrected chi connectivity index (χ4v) is 14.1. The predicted molar refractivity (Wildman–Crippen MR) is 486 cm³/mol. The zero-order valence-corrected chi connectivity index (χ0v) is 74.2. The molecular formula is C108H150O6. The zero-order chi connectivity index (χ0) is 81.9. The Bertz CT molecular complexity index is 3720. The fourth-order valence-electron chi connectivity index (χ4n) is 14.1. The monoisotopic (exact) mass is 1540 g/mol. The minimum atomic E-state index is 0.442. The average molecular weight is 1540 g/mol. The average Bonchev–Trinajstić information content (AvgIpc) is 0.762. The van der Waals surface area contributed by atoms with Crippen LogP contribution in [-0.2, 0) is 0 Å². The molecule has 6 rings (SSSR count). The number of hydrogen-bond acceptors (Lipinski definition) is 6. The van der Waals surface area contributed by atoms with E-state index in [1.54, 1.807) is 0 Å². The molecule has 6 aromatic carbocycles. The van der Waals surface area contributed by atoms with Crippen molar-refractivity contribution < 1.29 is 28.4 Å². The van der Waals surface area contributed by atoms with Crippen LogP contribution in [0.3, 0.4) is 0 Å². The highest BCUT2D eigenvalue weighted by Crippen LogP contribution is 2.36. The van der Waals surface area contributed by atoms with Crippen LogP contribution in [0.5, 0.6) is 34.5 Å². The lowest BCUT2D eigenvalue weighted by Crippen LogP contribution is -2.08. The maximum absolute atomic E-state index is 7.37. The van der Waals surface area contributed by atoms with Crippen molar-refractivity contribution in [3.05, 3.63) is 177 Å². The van der Waals surface area contributed by atoms with Crippen molar-refractivity contribution in [1.82, 2.24) is 0 Å². The maximum Gasteiger partial charge on any atom is 0.153 e. The van der Waals surface area contributed by atoms with E-state index in [1.807, 2.05) is 60.7 Å². The van der Waals surface area contributed by atoms with E-state index in [0.29, 0.717) is 103 Å². The summed E-state index contributed by atoms with van der Waals surface area (Å²) >= 11 is 0. The van der Waals surface area contributed by atoms with Crippen LogP contribution in [0.4, 0.5) is 0 Å². The van der Waals surface area contributed by atoms with Gasteiger partial charge in [0, 0.05) is 27.8 Å². The summed E-state index contributed by atoms with van der Waals surface area (Å²) < 4.78 is 39.4. The lowest BCUT2D eigenvalue weighted by Gasteiger charge is -2.17. The number of rotatable bonds is 52. The maximum atomic E-state index is 7.37. The first kappa shape index (κ1) is 94.8. The van der Waals surface area contributed by atoms with Crippen molar-refractivity contribution in [1.29, 1.82) is 0 Å². The molecule has 0 saturated carbocycles. The quantitative estimate of drug-likeness (QED) is 0.0280. The van der Waals surface area contributed by atoms with E-state index in [1.165, 1.54) is 141 Å². The van der Waals surface area contributed by atoms with Crippen molar-refractivity contribution >= 4 is 0 Å². The molecule has 0 bridgehead atoms. The molecule has 0 radical (unpaired) electrons. The van der Waals surface area contributed by atoms with Crippen LogP contribution in [0.1, 0.15) is 359 Å². The van der Waals surface area contributed by atoms with Gasteiger partial charge in [-0.1, -0.05) is 324 Å². The summed E-state index contributed by atoms with van der Waals surface area (Å²) in [4.78, 5) is 0. The van der Waals surface area contributed by atoms with Crippen molar-refractivity contribution in [2.75, 3.05) is 39.6 Å². The Labute approximate surface area is 697 Å². The Balaban J connectivity index is 1.58. The first-order valence-corrected chi connectivity index (χ1v) is 45.3. The molecule has 0 spiro atoms. The number of ether oxygens (including phenoxy) is 6. The van der Waals surface area contributed by atoms with Crippen LogP contribution in [0, 0.1) is 118 Å². The third-order valence-corrected chi connectivity index (χ3v) is 21.9. The van der Waals surface area contributed by atoms with Gasteiger partial charge in [-0.15, -0.1) is 0 Å². The Morgan fingerprint density at radius 2 is 0.395 bits per heavy atom. The fraction of sp³-hybridized carbons (Fsp3) is 0.574. The smallest absolute Gasteiger partial charge is 0.153 e. The van der Waals surface area contributed by atoms with Gasteiger partial charge in [0.25, 0.3) is 0 Å². The molecule has 0 saturated heterocycles. The second kappa shape index (κ2) is 56.3. The minimum Gasteiger partial charge on any atom is -0.494 e. The molecule has 0 fully saturated rings. The molecule has 6 nitrogen and oxygen atoms in total. The summed E-state index contributed by atoms with van der Waals surface area (Å²) in [6.07, 6.45) is 35.6. The van der Waals surface area contributed by atoms with Crippen LogP contribution >= 0.6 is 0 Å². The zero-order valence-electron chi connectivity index (χ0n) is 74.2. The molecule has 0 N–H and O–H groups in total. The van der Waals surface area contributed by atoms with Gasteiger partial charge in [0.15, 0.2) is 5.75 Å². The number of unbranched alkanes of at least 4 members (excludes halogenated alkanes) is 9. The van der Waals surface area contributed by atoms with Crippen molar-refractivity contribution in [3.8, 4) is 93.7 Å². The molecule has 6 aromatic rings. The lowest BCUT2D eigenvalue weighted by atomic mass is 9.89. The minimum absolute atomic E-state index is 0.442. The van der Waals surface area contributed by atoms with Gasteiger partial charge in [0.1, 0.15) is 28.7 Å². The van der Waals surface area contributed by atoms with E-state index in [9.17, 15) is 0 Å². The summed E-state index contributed by atoms with van der Waals surface area (Å²) in [7, 11) is 0. The van der Waals surface area contributed by atoms with E-state index >= 15 is 0 Å². The van der Waals surface area contributed by atoms with Crippen LogP contribution < -0.4 is 28.4 Å². The lowest BCUT2D eigenvalue weighted by molar-refractivity contribution is 0.275. The van der Waals surface area contributed by atoms with Crippen LogP contribution in [-0.4, -0.2) is 39.6 Å². The first-order valence-electron chi connectivity index (χ1n) is 45.3. The SMILES string of the molecule is CCCCCCCCCCCCOc1c(C#Cc2ccc(OCC[C@@H](C)CCCC(C)C)cc2)c(C#Cc2ccc(OCC[C@@H](C)CCCC(C)C)cc2)c(C#Cc2ccc(OCC[C@@H](C)CCCC(C)C)cc2)c(C#Cc2ccc(OCC[C@@H](C)CCCC(C)C)cc2)c1C#Cc1ccc(OCC[C@@H](C)CCCC(C)C)cc1. The van der Waals surface area contributed by atoms with E-state index < -0.39 is 0 Å². The molecule has 0 aromatic heterocycles. The highest BCUT2D eigenvalue weighted by molar-refractivity contribution is 5.78. The Hall–Kier alpha value is -8.08. The van der Waals surface area contributed by atoms with Crippen LogP contribution in [0.2, 0.25) is 0 Å². The molecule has 0 heterocycles. The van der Waals surface area contributed by atoms with Crippen LogP contribution in [0.25, 0.3) is 0 Å². The Morgan fingerprint density at radius 1 is 0.193 bits per heavy atom. The van der Waals surface area contributed by atoms with E-state index in [-0.39, 0.29) is 0 Å². The normalized spacial score (nSPS) is 12.5. The molecule has 0 amide bonds. The Kier molecular flexibility index (Phi) is 46.8. The summed E-state index contributed by atoms with van der Waals surface area (Å²) in [5.41, 5.74) is 7.12. The van der Waals surface area contributed by atoms with Crippen molar-refractivity contribution in [2.45, 2.75) is 303 Å². The van der Waals surface area contributed by atoms with Crippen molar-refractivity contribution in [2.24, 2.45) is 59.2 Å². The number of hydrogen-bond donors (Lipinski definition) is 0. The van der Waals surface area contributed by atoms with Gasteiger partial charge >= 0.3 is 0 Å². The van der Waals surface area contributed by atoms with Gasteiger partial charge in [-0.2, -0.15) is 0 Å². The molecular weight excluding hydrogens is 1390 g/mol. The second-order valence-electron chi connectivity index (χ2n) is 35.4. The summed E-state index contributed by atoms with van der Waals surface area (Å²) in [5, 5.41) is 0. The first-order chi connectivity index (χ1) is 55.2. The highest BCUT2D eigenvalue weighted by Gasteiger charge is 2.23.